The highest BCUT2D eigenvalue weighted by Crippen LogP contribution is 2.33. The highest BCUT2D eigenvalue weighted by Gasteiger charge is 2.17. The van der Waals surface area contributed by atoms with Crippen molar-refractivity contribution in [1.29, 1.82) is 5.26 Å². The Bertz CT molecular complexity index is 688. The highest BCUT2D eigenvalue weighted by molar-refractivity contribution is 6.36. The van der Waals surface area contributed by atoms with Crippen molar-refractivity contribution in [2.45, 2.75) is 6.92 Å². The largest absolute Gasteiger partial charge is 0.310 e. The molecule has 0 aliphatic carbocycles. The van der Waals surface area contributed by atoms with E-state index in [9.17, 15) is 10.1 Å². The van der Waals surface area contributed by atoms with E-state index in [1.807, 2.05) is 6.07 Å². The predicted molar refractivity (Wildman–Crippen MR) is 73.1 cm³/mol. The van der Waals surface area contributed by atoms with Gasteiger partial charge in [0.25, 0.3) is 0 Å². The van der Waals surface area contributed by atoms with Gasteiger partial charge in [-0.15, -0.1) is 0 Å². The number of H-pyrrole nitrogens is 1. The summed E-state index contributed by atoms with van der Waals surface area (Å²) in [6.07, 6.45) is 0. The number of aromatic amines is 1. The lowest BCUT2D eigenvalue weighted by atomic mass is 10.1. The summed E-state index contributed by atoms with van der Waals surface area (Å²) < 4.78 is 0. The number of carbonyl (C=O) groups excluding carboxylic acids is 1. The molecule has 0 bridgehead atoms. The van der Waals surface area contributed by atoms with Crippen LogP contribution in [0.2, 0.25) is 10.0 Å². The number of anilines is 1. The van der Waals surface area contributed by atoms with E-state index in [0.717, 1.165) is 0 Å². The Kier molecular flexibility index (Phi) is 3.74. The first-order valence-electron chi connectivity index (χ1n) is 5.24. The summed E-state index contributed by atoms with van der Waals surface area (Å²) in [5.74, 6) is -0.0510. The molecule has 0 atom stereocenters. The fourth-order valence-corrected chi connectivity index (χ4v) is 2.09. The summed E-state index contributed by atoms with van der Waals surface area (Å²) in [4.78, 5) is 11.0. The minimum absolute atomic E-state index is 0.222. The fourth-order valence-electron chi connectivity index (χ4n) is 1.59. The molecule has 0 aliphatic rings. The minimum Gasteiger partial charge on any atom is -0.310 e. The van der Waals surface area contributed by atoms with Crippen LogP contribution < -0.4 is 5.32 Å². The van der Waals surface area contributed by atoms with Crippen LogP contribution in [0.1, 0.15) is 12.5 Å². The van der Waals surface area contributed by atoms with E-state index in [1.165, 1.54) is 6.92 Å². The molecule has 0 saturated heterocycles. The van der Waals surface area contributed by atoms with Crippen LogP contribution in [-0.2, 0) is 4.79 Å². The summed E-state index contributed by atoms with van der Waals surface area (Å²) in [5.41, 5.74) is 1.16. The second-order valence-corrected chi connectivity index (χ2v) is 4.58. The van der Waals surface area contributed by atoms with E-state index in [0.29, 0.717) is 21.3 Å². The molecule has 0 radical (unpaired) electrons. The number of amides is 1. The Morgan fingerprint density at radius 2 is 2.21 bits per heavy atom. The molecule has 1 heterocycles. The van der Waals surface area contributed by atoms with Gasteiger partial charge >= 0.3 is 0 Å². The maximum Gasteiger partial charge on any atom is 0.222 e. The highest BCUT2D eigenvalue weighted by atomic mass is 35.5. The molecule has 0 aliphatic heterocycles. The predicted octanol–water partition coefficient (Wildman–Crippen LogP) is 3.21. The maximum absolute atomic E-state index is 11.0. The van der Waals surface area contributed by atoms with Gasteiger partial charge in [-0.25, -0.2) is 0 Å². The molecule has 2 N–H and O–H groups in total. The lowest BCUT2D eigenvalue weighted by Crippen LogP contribution is -2.07. The van der Waals surface area contributed by atoms with Crippen LogP contribution in [0.5, 0.6) is 0 Å². The molecule has 7 heteroatoms. The van der Waals surface area contributed by atoms with Gasteiger partial charge in [-0.05, 0) is 18.2 Å². The van der Waals surface area contributed by atoms with E-state index in [4.69, 9.17) is 23.2 Å². The molecule has 0 spiro atoms. The number of nitrogens with zero attached hydrogens (tertiary/aromatic N) is 2. The number of halogens is 2. The first-order chi connectivity index (χ1) is 9.02. The molecule has 0 saturated carbocycles. The third kappa shape index (κ3) is 2.70. The van der Waals surface area contributed by atoms with Gasteiger partial charge in [0.15, 0.2) is 0 Å². The molecule has 1 aromatic heterocycles. The van der Waals surface area contributed by atoms with Crippen LogP contribution in [0.3, 0.4) is 0 Å². The molecule has 1 aromatic carbocycles. The first-order valence-corrected chi connectivity index (χ1v) is 6.00. The van der Waals surface area contributed by atoms with Crippen LogP contribution in [0.15, 0.2) is 18.2 Å². The maximum atomic E-state index is 11.0. The SMILES string of the molecule is CC(=O)Nc1[nH]nc(-c2ccc(Cl)cc2Cl)c1C#N. The smallest absolute Gasteiger partial charge is 0.222 e. The van der Waals surface area contributed by atoms with Crippen molar-refractivity contribution in [3.63, 3.8) is 0 Å². The van der Waals surface area contributed by atoms with Crippen LogP contribution in [0.4, 0.5) is 5.82 Å². The molecule has 2 aromatic rings. The quantitative estimate of drug-likeness (QED) is 0.892. The van der Waals surface area contributed by atoms with Crippen molar-refractivity contribution in [1.82, 2.24) is 10.2 Å². The zero-order chi connectivity index (χ0) is 14.0. The van der Waals surface area contributed by atoms with E-state index >= 15 is 0 Å². The number of nitrogens with one attached hydrogen (secondary N) is 2. The van der Waals surface area contributed by atoms with Gasteiger partial charge in [-0.1, -0.05) is 23.2 Å². The average Bonchev–Trinajstić information content (AvgIpc) is 2.71. The number of aromatic nitrogens is 2. The van der Waals surface area contributed by atoms with Crippen LogP contribution >= 0.6 is 23.2 Å². The Balaban J connectivity index is 2.54. The number of nitriles is 1. The number of carbonyl (C=O) groups is 1. The lowest BCUT2D eigenvalue weighted by molar-refractivity contribution is -0.114. The minimum atomic E-state index is -0.297. The monoisotopic (exact) mass is 294 g/mol. The van der Waals surface area contributed by atoms with E-state index in [-0.39, 0.29) is 17.3 Å². The van der Waals surface area contributed by atoms with Gasteiger partial charge in [0, 0.05) is 17.5 Å². The number of benzene rings is 1. The molecule has 2 rings (SSSR count). The molecule has 5 nitrogen and oxygen atoms in total. The fraction of sp³-hybridized carbons (Fsp3) is 0.0833. The van der Waals surface area contributed by atoms with Crippen molar-refractivity contribution in [2.24, 2.45) is 0 Å². The second kappa shape index (κ2) is 5.31. The molecular weight excluding hydrogens is 287 g/mol. The summed E-state index contributed by atoms with van der Waals surface area (Å²) >= 11 is 11.9. The summed E-state index contributed by atoms with van der Waals surface area (Å²) in [5, 5.41) is 19.2. The number of hydrogen-bond donors (Lipinski definition) is 2. The van der Waals surface area contributed by atoms with Gasteiger partial charge in [-0.2, -0.15) is 10.4 Å². The Hall–Kier alpha value is -2.03. The third-order valence-corrected chi connectivity index (χ3v) is 2.91. The molecule has 0 fully saturated rings. The zero-order valence-corrected chi connectivity index (χ0v) is 11.3. The van der Waals surface area contributed by atoms with Crippen molar-refractivity contribution < 1.29 is 4.79 Å². The lowest BCUT2D eigenvalue weighted by Gasteiger charge is -2.02. The van der Waals surface area contributed by atoms with E-state index < -0.39 is 0 Å². The van der Waals surface area contributed by atoms with Crippen LogP contribution in [0, 0.1) is 11.3 Å². The van der Waals surface area contributed by atoms with Crippen molar-refractivity contribution in [2.75, 3.05) is 5.32 Å². The number of hydrogen-bond acceptors (Lipinski definition) is 3. The Morgan fingerprint density at radius 3 is 2.79 bits per heavy atom. The number of rotatable bonds is 2. The van der Waals surface area contributed by atoms with E-state index in [1.54, 1.807) is 18.2 Å². The van der Waals surface area contributed by atoms with Gasteiger partial charge in [-0.3, -0.25) is 9.89 Å². The Labute approximate surface area is 119 Å². The normalized spacial score (nSPS) is 10.0. The molecule has 19 heavy (non-hydrogen) atoms. The average molecular weight is 295 g/mol. The van der Waals surface area contributed by atoms with Crippen LogP contribution in [-0.4, -0.2) is 16.1 Å². The topological polar surface area (TPSA) is 81.6 Å². The summed E-state index contributed by atoms with van der Waals surface area (Å²) in [6, 6.07) is 6.87. The summed E-state index contributed by atoms with van der Waals surface area (Å²) in [6.45, 7) is 1.34. The van der Waals surface area contributed by atoms with Gasteiger partial charge in [0.05, 0.1) is 5.02 Å². The van der Waals surface area contributed by atoms with Crippen molar-refractivity contribution in [3.8, 4) is 17.3 Å². The molecule has 1 amide bonds. The third-order valence-electron chi connectivity index (χ3n) is 2.37. The van der Waals surface area contributed by atoms with Gasteiger partial charge in [0.2, 0.25) is 5.91 Å². The van der Waals surface area contributed by atoms with Crippen molar-refractivity contribution in [3.05, 3.63) is 33.8 Å². The molecule has 96 valence electrons. The van der Waals surface area contributed by atoms with Gasteiger partial charge < -0.3 is 5.32 Å². The van der Waals surface area contributed by atoms with Crippen LogP contribution in [0.25, 0.3) is 11.3 Å². The second-order valence-electron chi connectivity index (χ2n) is 3.74. The van der Waals surface area contributed by atoms with Gasteiger partial charge in [0.1, 0.15) is 23.1 Å². The van der Waals surface area contributed by atoms with Crippen molar-refractivity contribution >= 4 is 34.9 Å². The zero-order valence-electron chi connectivity index (χ0n) is 9.79. The van der Waals surface area contributed by atoms with E-state index in [2.05, 4.69) is 15.5 Å². The standard InChI is InChI=1S/C12H8Cl2N4O/c1-6(19)16-12-9(5-15)11(17-18-12)8-3-2-7(13)4-10(8)14/h2-4H,1H3,(H2,16,17,18,19). The molecule has 0 unspecified atom stereocenters. The summed E-state index contributed by atoms with van der Waals surface area (Å²) in [7, 11) is 0. The Morgan fingerprint density at radius 1 is 1.47 bits per heavy atom. The molecular formula is C12H8Cl2N4O. The first kappa shape index (κ1) is 13.4.